The van der Waals surface area contributed by atoms with Gasteiger partial charge in [-0.15, -0.1) is 0 Å². The van der Waals surface area contributed by atoms with E-state index in [2.05, 4.69) is 26.6 Å². The lowest BCUT2D eigenvalue weighted by Crippen LogP contribution is -2.28. The van der Waals surface area contributed by atoms with Gasteiger partial charge in [0.15, 0.2) is 0 Å². The minimum absolute atomic E-state index is 0.00686. The van der Waals surface area contributed by atoms with E-state index in [1.54, 1.807) is 0 Å². The van der Waals surface area contributed by atoms with Gasteiger partial charge < -0.3 is 10.6 Å². The third-order valence-electron chi connectivity index (χ3n) is 2.78. The van der Waals surface area contributed by atoms with E-state index in [0.717, 1.165) is 10.0 Å². The minimum atomic E-state index is -3.73. The zero-order chi connectivity index (χ0) is 16.2. The third-order valence-corrected chi connectivity index (χ3v) is 4.21. The van der Waals surface area contributed by atoms with Crippen molar-refractivity contribution in [2.24, 2.45) is 5.14 Å². The predicted molar refractivity (Wildman–Crippen MR) is 87.8 cm³/mol. The predicted octanol–water partition coefficient (Wildman–Crippen LogP) is 2.42. The molecule has 0 saturated carbocycles. The van der Waals surface area contributed by atoms with Gasteiger partial charge in [0.2, 0.25) is 10.0 Å². The zero-order valence-corrected chi connectivity index (χ0v) is 13.8. The molecule has 0 bridgehead atoms. The van der Waals surface area contributed by atoms with E-state index in [9.17, 15) is 13.2 Å². The molecule has 2 aromatic rings. The average Bonchev–Trinajstić information content (AvgIpc) is 2.45. The van der Waals surface area contributed by atoms with Crippen LogP contribution in [0, 0.1) is 0 Å². The molecule has 2 aromatic carbocycles. The number of carbonyl (C=O) groups is 1. The number of nitrogens with one attached hydrogen (secondary N) is 2. The molecule has 0 heterocycles. The Morgan fingerprint density at radius 2 is 1.82 bits per heavy atom. The van der Waals surface area contributed by atoms with Crippen LogP contribution in [0.1, 0.15) is 5.56 Å². The van der Waals surface area contributed by atoms with Crippen LogP contribution in [-0.4, -0.2) is 14.4 Å². The van der Waals surface area contributed by atoms with Gasteiger partial charge in [0.1, 0.15) is 0 Å². The van der Waals surface area contributed by atoms with Crippen LogP contribution >= 0.6 is 15.9 Å². The molecule has 0 aliphatic heterocycles. The maximum absolute atomic E-state index is 11.8. The normalized spacial score (nSPS) is 11.0. The Morgan fingerprint density at radius 3 is 2.41 bits per heavy atom. The second-order valence-electron chi connectivity index (χ2n) is 4.51. The molecule has 0 radical (unpaired) electrons. The number of nitrogens with two attached hydrogens (primary N) is 1. The maximum atomic E-state index is 11.8. The number of rotatable bonds is 4. The van der Waals surface area contributed by atoms with Crippen LogP contribution in [0.3, 0.4) is 0 Å². The molecule has 0 aromatic heterocycles. The summed E-state index contributed by atoms with van der Waals surface area (Å²) in [7, 11) is -3.73. The summed E-state index contributed by atoms with van der Waals surface area (Å²) in [5.74, 6) is 0. The molecule has 2 amide bonds. The molecule has 0 unspecified atom stereocenters. The highest BCUT2D eigenvalue weighted by Crippen LogP contribution is 2.13. The molecule has 0 fully saturated rings. The summed E-state index contributed by atoms with van der Waals surface area (Å²) in [4.78, 5) is 11.8. The van der Waals surface area contributed by atoms with Crippen molar-refractivity contribution in [1.29, 1.82) is 0 Å². The molecule has 0 spiro atoms. The highest BCUT2D eigenvalue weighted by atomic mass is 79.9. The molecule has 6 nitrogen and oxygen atoms in total. The van der Waals surface area contributed by atoms with Gasteiger partial charge in [-0.05, 0) is 42.0 Å². The van der Waals surface area contributed by atoms with Crippen molar-refractivity contribution in [3.63, 3.8) is 0 Å². The van der Waals surface area contributed by atoms with E-state index in [4.69, 9.17) is 5.14 Å². The van der Waals surface area contributed by atoms with Gasteiger partial charge in [0.05, 0.1) is 4.90 Å². The van der Waals surface area contributed by atoms with E-state index in [1.807, 2.05) is 24.3 Å². The first-order chi connectivity index (χ1) is 10.3. The van der Waals surface area contributed by atoms with Crippen molar-refractivity contribution in [2.45, 2.75) is 11.4 Å². The van der Waals surface area contributed by atoms with Crippen LogP contribution < -0.4 is 15.8 Å². The molecule has 0 aliphatic carbocycles. The number of sulfonamides is 1. The smallest absolute Gasteiger partial charge is 0.319 e. The largest absolute Gasteiger partial charge is 0.334 e. The van der Waals surface area contributed by atoms with Crippen LogP contribution in [-0.2, 0) is 16.6 Å². The lowest BCUT2D eigenvalue weighted by molar-refractivity contribution is 0.251. The summed E-state index contributed by atoms with van der Waals surface area (Å²) < 4.78 is 23.2. The van der Waals surface area contributed by atoms with Gasteiger partial charge in [-0.3, -0.25) is 0 Å². The standard InChI is InChI=1S/C14H14BrN3O3S/c15-11-3-1-2-10(8-11)9-17-14(19)18-12-4-6-13(7-5-12)22(16,20)21/h1-8H,9H2,(H2,16,20,21)(H2,17,18,19). The lowest BCUT2D eigenvalue weighted by Gasteiger charge is -2.08. The molecule has 0 atom stereocenters. The van der Waals surface area contributed by atoms with Crippen LogP contribution in [0.2, 0.25) is 0 Å². The molecular weight excluding hydrogens is 370 g/mol. The van der Waals surface area contributed by atoms with Gasteiger partial charge in [0.25, 0.3) is 0 Å². The number of primary sulfonamides is 1. The first kappa shape index (κ1) is 16.5. The summed E-state index contributed by atoms with van der Waals surface area (Å²) in [6, 6.07) is 12.8. The molecule has 8 heteroatoms. The van der Waals surface area contributed by atoms with Crippen LogP contribution in [0.15, 0.2) is 57.9 Å². The summed E-state index contributed by atoms with van der Waals surface area (Å²) in [5, 5.41) is 10.3. The highest BCUT2D eigenvalue weighted by molar-refractivity contribution is 9.10. The van der Waals surface area contributed by atoms with E-state index in [-0.39, 0.29) is 10.9 Å². The Balaban J connectivity index is 1.92. The lowest BCUT2D eigenvalue weighted by atomic mass is 10.2. The Morgan fingerprint density at radius 1 is 1.14 bits per heavy atom. The second kappa shape index (κ2) is 6.91. The first-order valence-corrected chi connectivity index (χ1v) is 8.61. The van der Waals surface area contributed by atoms with E-state index < -0.39 is 10.0 Å². The summed E-state index contributed by atoms with van der Waals surface area (Å²) in [6.07, 6.45) is 0. The molecule has 2 rings (SSSR count). The van der Waals surface area contributed by atoms with E-state index in [1.165, 1.54) is 24.3 Å². The van der Waals surface area contributed by atoms with Crippen molar-refractivity contribution in [1.82, 2.24) is 5.32 Å². The summed E-state index contributed by atoms with van der Waals surface area (Å²) >= 11 is 3.36. The van der Waals surface area contributed by atoms with Crippen LogP contribution in [0.25, 0.3) is 0 Å². The Labute approximate surface area is 136 Å². The fraction of sp³-hybridized carbons (Fsp3) is 0.0714. The summed E-state index contributed by atoms with van der Waals surface area (Å²) in [5.41, 5.74) is 1.42. The fourth-order valence-corrected chi connectivity index (χ4v) is 2.69. The van der Waals surface area contributed by atoms with Crippen molar-refractivity contribution < 1.29 is 13.2 Å². The number of amides is 2. The monoisotopic (exact) mass is 383 g/mol. The first-order valence-electron chi connectivity index (χ1n) is 6.27. The van der Waals surface area contributed by atoms with Gasteiger partial charge >= 0.3 is 6.03 Å². The number of anilines is 1. The van der Waals surface area contributed by atoms with Gasteiger partial charge in [-0.2, -0.15) is 0 Å². The number of urea groups is 1. The van der Waals surface area contributed by atoms with Crippen LogP contribution in [0.5, 0.6) is 0 Å². The Hall–Kier alpha value is -1.90. The molecule has 116 valence electrons. The quantitative estimate of drug-likeness (QED) is 0.755. The Kier molecular flexibility index (Phi) is 5.17. The van der Waals surface area contributed by atoms with Crippen LogP contribution in [0.4, 0.5) is 10.5 Å². The van der Waals surface area contributed by atoms with Crippen molar-refractivity contribution in [3.8, 4) is 0 Å². The number of halogens is 1. The van der Waals surface area contributed by atoms with Gasteiger partial charge in [-0.1, -0.05) is 28.1 Å². The van der Waals surface area contributed by atoms with E-state index >= 15 is 0 Å². The maximum Gasteiger partial charge on any atom is 0.319 e. The zero-order valence-electron chi connectivity index (χ0n) is 11.4. The fourth-order valence-electron chi connectivity index (χ4n) is 1.73. The third kappa shape index (κ3) is 4.83. The van der Waals surface area contributed by atoms with Crippen molar-refractivity contribution in [3.05, 3.63) is 58.6 Å². The number of carbonyl (C=O) groups excluding carboxylic acids is 1. The van der Waals surface area contributed by atoms with E-state index in [0.29, 0.717) is 12.2 Å². The summed E-state index contributed by atoms with van der Waals surface area (Å²) in [6.45, 7) is 0.376. The second-order valence-corrected chi connectivity index (χ2v) is 6.98. The van der Waals surface area contributed by atoms with Crippen molar-refractivity contribution >= 4 is 37.7 Å². The van der Waals surface area contributed by atoms with Gasteiger partial charge in [-0.25, -0.2) is 18.4 Å². The number of hydrogen-bond donors (Lipinski definition) is 3. The SMILES string of the molecule is NS(=O)(=O)c1ccc(NC(=O)NCc2cccc(Br)c2)cc1. The molecule has 0 saturated heterocycles. The van der Waals surface area contributed by atoms with Crippen molar-refractivity contribution in [2.75, 3.05) is 5.32 Å². The molecular formula is C14H14BrN3O3S. The highest BCUT2D eigenvalue weighted by Gasteiger charge is 2.08. The topological polar surface area (TPSA) is 101 Å². The molecule has 0 aliphatic rings. The number of benzene rings is 2. The number of hydrogen-bond acceptors (Lipinski definition) is 3. The van der Waals surface area contributed by atoms with Gasteiger partial charge in [0, 0.05) is 16.7 Å². The minimum Gasteiger partial charge on any atom is -0.334 e. The average molecular weight is 384 g/mol. The molecule has 4 N–H and O–H groups in total. The Bertz CT molecular complexity index is 776. The molecule has 22 heavy (non-hydrogen) atoms.